The summed E-state index contributed by atoms with van der Waals surface area (Å²) in [4.78, 5) is 12.0. The molecule has 0 heterocycles. The van der Waals surface area contributed by atoms with Crippen LogP contribution in [-0.4, -0.2) is 31.2 Å². The average Bonchev–Trinajstić information content (AvgIpc) is 2.50. The normalized spacial score (nSPS) is 13.5. The zero-order valence-corrected chi connectivity index (χ0v) is 16.5. The minimum absolute atomic E-state index is 0.187. The van der Waals surface area contributed by atoms with E-state index in [0.29, 0.717) is 0 Å². The van der Waals surface area contributed by atoms with E-state index in [-0.39, 0.29) is 6.42 Å². The van der Waals surface area contributed by atoms with Crippen LogP contribution in [-0.2, 0) is 14.2 Å². The summed E-state index contributed by atoms with van der Waals surface area (Å²) in [5.74, 6) is 0. The van der Waals surface area contributed by atoms with Crippen LogP contribution >= 0.6 is 0 Å². The third-order valence-electron chi connectivity index (χ3n) is 3.31. The highest BCUT2D eigenvalue weighted by atomic mass is 19.1. The van der Waals surface area contributed by atoms with Gasteiger partial charge in [-0.2, -0.15) is 0 Å². The number of hydrogen-bond acceptors (Lipinski definition) is 4. The molecule has 0 fully saturated rings. The van der Waals surface area contributed by atoms with Gasteiger partial charge in [0.15, 0.2) is 0 Å². The van der Waals surface area contributed by atoms with E-state index in [1.807, 2.05) is 30.3 Å². The van der Waals surface area contributed by atoms with Gasteiger partial charge in [0.2, 0.25) is 0 Å². The zero-order valence-electron chi connectivity index (χ0n) is 16.5. The van der Waals surface area contributed by atoms with Crippen LogP contribution in [0.3, 0.4) is 0 Å². The fraction of sp³-hybridized carbons (Fsp3) is 0.550. The van der Waals surface area contributed by atoms with E-state index in [9.17, 15) is 9.18 Å². The number of carbonyl (C=O) groups is 1. The highest BCUT2D eigenvalue weighted by Crippen LogP contribution is 2.27. The first-order chi connectivity index (χ1) is 12.1. The molecule has 1 amide bonds. The summed E-state index contributed by atoms with van der Waals surface area (Å²) in [5, 5.41) is 2.68. The predicted octanol–water partition coefficient (Wildman–Crippen LogP) is 4.98. The molecule has 1 aromatic rings. The summed E-state index contributed by atoms with van der Waals surface area (Å²) in [6.45, 7) is 8.23. The maximum absolute atomic E-state index is 13.0. The van der Waals surface area contributed by atoms with E-state index in [0.717, 1.165) is 11.1 Å². The zero-order chi connectivity index (χ0) is 19.8. The summed E-state index contributed by atoms with van der Waals surface area (Å²) >= 11 is 0. The number of alkyl carbamates (subject to hydrolysis) is 1. The Balaban J connectivity index is 2.82. The topological polar surface area (TPSA) is 56.8 Å². The van der Waals surface area contributed by atoms with E-state index >= 15 is 0 Å². The first-order valence-corrected chi connectivity index (χ1v) is 8.60. The molecule has 1 aromatic carbocycles. The van der Waals surface area contributed by atoms with E-state index < -0.39 is 30.2 Å². The standard InChI is InChI=1S/C20H30FNO4/c1-19(2,3)26-18(23)22-20(4,5)25-17(11-13-21)16-9-7-15(8-10-16)12-14-24-6/h7-10,12,14,17H,11,13H2,1-6H3,(H,22,23)/b14-12-/t17-/m0/s1. The van der Waals surface area contributed by atoms with Crippen molar-refractivity contribution in [3.8, 4) is 0 Å². The molecule has 146 valence electrons. The highest BCUT2D eigenvalue weighted by Gasteiger charge is 2.28. The number of methoxy groups -OCH3 is 1. The SMILES string of the molecule is CO/C=C\c1ccc([C@H](CCF)OC(C)(C)NC(=O)OC(C)(C)C)cc1. The molecule has 0 unspecified atom stereocenters. The smallest absolute Gasteiger partial charge is 0.409 e. The van der Waals surface area contributed by atoms with E-state index in [2.05, 4.69) is 5.32 Å². The molecule has 0 aliphatic carbocycles. The van der Waals surface area contributed by atoms with Gasteiger partial charge in [0.25, 0.3) is 0 Å². The van der Waals surface area contributed by atoms with Crippen LogP contribution in [0.25, 0.3) is 6.08 Å². The predicted molar refractivity (Wildman–Crippen MR) is 100 cm³/mol. The molecule has 0 aromatic heterocycles. The van der Waals surface area contributed by atoms with Crippen LogP contribution in [0, 0.1) is 0 Å². The molecule has 1 rings (SSSR count). The van der Waals surface area contributed by atoms with Crippen molar-refractivity contribution >= 4 is 12.2 Å². The first-order valence-electron chi connectivity index (χ1n) is 8.60. The molecular weight excluding hydrogens is 337 g/mol. The van der Waals surface area contributed by atoms with Crippen molar-refractivity contribution in [2.75, 3.05) is 13.8 Å². The van der Waals surface area contributed by atoms with Gasteiger partial charge in [0, 0.05) is 6.42 Å². The first kappa shape index (κ1) is 22.0. The Bertz CT molecular complexity index is 591. The van der Waals surface area contributed by atoms with Crippen molar-refractivity contribution in [2.24, 2.45) is 0 Å². The molecule has 0 aliphatic rings. The van der Waals surface area contributed by atoms with E-state index in [4.69, 9.17) is 14.2 Å². The lowest BCUT2D eigenvalue weighted by atomic mass is 10.0. The lowest BCUT2D eigenvalue weighted by molar-refractivity contribution is -0.0979. The number of halogens is 1. The van der Waals surface area contributed by atoms with Crippen LogP contribution in [0.5, 0.6) is 0 Å². The number of benzene rings is 1. The minimum atomic E-state index is -1.02. The van der Waals surface area contributed by atoms with Crippen molar-refractivity contribution in [3.63, 3.8) is 0 Å². The molecule has 0 saturated heterocycles. The Hall–Kier alpha value is -2.08. The molecule has 0 spiro atoms. The number of rotatable bonds is 8. The molecule has 6 heteroatoms. The van der Waals surface area contributed by atoms with Gasteiger partial charge in [0.1, 0.15) is 11.3 Å². The maximum Gasteiger partial charge on any atom is 0.409 e. The summed E-state index contributed by atoms with van der Waals surface area (Å²) in [6.07, 6.45) is 2.51. The van der Waals surface area contributed by atoms with Gasteiger partial charge in [-0.05, 0) is 51.8 Å². The molecular formula is C20H30FNO4. The Morgan fingerprint density at radius 1 is 1.19 bits per heavy atom. The van der Waals surface area contributed by atoms with Gasteiger partial charge < -0.3 is 14.2 Å². The second-order valence-corrected chi connectivity index (χ2v) is 7.43. The molecule has 0 bridgehead atoms. The Kier molecular flexibility index (Phi) is 8.08. The quantitative estimate of drug-likeness (QED) is 0.520. The van der Waals surface area contributed by atoms with Crippen LogP contribution < -0.4 is 5.32 Å². The molecule has 1 N–H and O–H groups in total. The minimum Gasteiger partial charge on any atom is -0.504 e. The summed E-state index contributed by atoms with van der Waals surface area (Å²) in [6, 6.07) is 7.54. The Morgan fingerprint density at radius 3 is 2.31 bits per heavy atom. The van der Waals surface area contributed by atoms with Crippen molar-refractivity contribution in [3.05, 3.63) is 41.7 Å². The van der Waals surface area contributed by atoms with Gasteiger partial charge in [-0.25, -0.2) is 4.79 Å². The Labute approximate surface area is 155 Å². The van der Waals surface area contributed by atoms with Crippen LogP contribution in [0.15, 0.2) is 30.5 Å². The number of ether oxygens (including phenoxy) is 3. The van der Waals surface area contributed by atoms with E-state index in [1.54, 1.807) is 48.0 Å². The third-order valence-corrected chi connectivity index (χ3v) is 3.31. The maximum atomic E-state index is 13.0. The van der Waals surface area contributed by atoms with Crippen LogP contribution in [0.2, 0.25) is 0 Å². The van der Waals surface area contributed by atoms with Gasteiger partial charge in [-0.3, -0.25) is 9.71 Å². The fourth-order valence-electron chi connectivity index (χ4n) is 2.30. The second kappa shape index (κ2) is 9.57. The summed E-state index contributed by atoms with van der Waals surface area (Å²) < 4.78 is 29.1. The van der Waals surface area contributed by atoms with Crippen LogP contribution in [0.1, 0.15) is 58.3 Å². The van der Waals surface area contributed by atoms with Crippen molar-refractivity contribution < 1.29 is 23.4 Å². The van der Waals surface area contributed by atoms with Crippen LogP contribution in [0.4, 0.5) is 9.18 Å². The van der Waals surface area contributed by atoms with Gasteiger partial charge in [-0.1, -0.05) is 24.3 Å². The number of amides is 1. The van der Waals surface area contributed by atoms with Crippen molar-refractivity contribution in [1.82, 2.24) is 5.32 Å². The second-order valence-electron chi connectivity index (χ2n) is 7.43. The van der Waals surface area contributed by atoms with Gasteiger partial charge in [-0.15, -0.1) is 0 Å². The third kappa shape index (κ3) is 8.34. The van der Waals surface area contributed by atoms with Crippen molar-refractivity contribution in [1.29, 1.82) is 0 Å². The number of alkyl halides is 1. The molecule has 0 saturated carbocycles. The largest absolute Gasteiger partial charge is 0.504 e. The lowest BCUT2D eigenvalue weighted by Crippen LogP contribution is -2.48. The van der Waals surface area contributed by atoms with E-state index in [1.165, 1.54) is 0 Å². The Morgan fingerprint density at radius 2 is 1.81 bits per heavy atom. The molecule has 0 radical (unpaired) electrons. The molecule has 26 heavy (non-hydrogen) atoms. The fourth-order valence-corrected chi connectivity index (χ4v) is 2.30. The average molecular weight is 367 g/mol. The monoisotopic (exact) mass is 367 g/mol. The lowest BCUT2D eigenvalue weighted by Gasteiger charge is -2.32. The van der Waals surface area contributed by atoms with Crippen molar-refractivity contribution in [2.45, 2.75) is 58.5 Å². The molecule has 1 atom stereocenters. The highest BCUT2D eigenvalue weighted by molar-refractivity contribution is 5.68. The van der Waals surface area contributed by atoms with Gasteiger partial charge >= 0.3 is 6.09 Å². The summed E-state index contributed by atoms with van der Waals surface area (Å²) in [5.41, 5.74) is 0.165. The number of hydrogen-bond donors (Lipinski definition) is 1. The number of carbonyl (C=O) groups excluding carboxylic acids is 1. The van der Waals surface area contributed by atoms with Gasteiger partial charge in [0.05, 0.1) is 26.2 Å². The molecule has 0 aliphatic heterocycles. The number of nitrogens with one attached hydrogen (secondary N) is 1. The summed E-state index contributed by atoms with van der Waals surface area (Å²) in [7, 11) is 1.58. The molecule has 5 nitrogen and oxygen atoms in total.